The van der Waals surface area contributed by atoms with Crippen molar-refractivity contribution in [3.05, 3.63) is 46.3 Å². The van der Waals surface area contributed by atoms with Gasteiger partial charge in [0.1, 0.15) is 4.90 Å². The van der Waals surface area contributed by atoms with Crippen LogP contribution in [0.5, 0.6) is 0 Å². The van der Waals surface area contributed by atoms with Gasteiger partial charge < -0.3 is 0 Å². The maximum absolute atomic E-state index is 11.3. The monoisotopic (exact) mass is 301 g/mol. The maximum atomic E-state index is 11.3. The van der Waals surface area contributed by atoms with Crippen molar-refractivity contribution in [1.29, 1.82) is 0 Å². The predicted molar refractivity (Wildman–Crippen MR) is 68.0 cm³/mol. The molecule has 0 amide bonds. The summed E-state index contributed by atoms with van der Waals surface area (Å²) in [6.07, 6.45) is 1.14. The first-order valence-corrected chi connectivity index (χ1v) is 7.36. The Balaban J connectivity index is 2.49. The van der Waals surface area contributed by atoms with Crippen molar-refractivity contribution in [1.82, 2.24) is 9.78 Å². The van der Waals surface area contributed by atoms with Gasteiger partial charge in [-0.2, -0.15) is 5.10 Å². The Bertz CT molecular complexity index is 737. The zero-order valence-corrected chi connectivity index (χ0v) is 11.2. The van der Waals surface area contributed by atoms with E-state index in [-0.39, 0.29) is 10.6 Å². The van der Waals surface area contributed by atoms with E-state index in [1.807, 2.05) is 0 Å². The lowest BCUT2D eigenvalue weighted by Crippen LogP contribution is -2.00. The summed E-state index contributed by atoms with van der Waals surface area (Å²) in [5, 5.41) is 14.4. The van der Waals surface area contributed by atoms with Gasteiger partial charge in [0, 0.05) is 22.8 Å². The molecule has 9 heteroatoms. The molecule has 0 bridgehead atoms. The third kappa shape index (κ3) is 2.59. The summed E-state index contributed by atoms with van der Waals surface area (Å²) in [7, 11) is 1.40. The highest BCUT2D eigenvalue weighted by Crippen LogP contribution is 2.22. The van der Waals surface area contributed by atoms with Gasteiger partial charge in [-0.1, -0.05) is 0 Å². The van der Waals surface area contributed by atoms with Gasteiger partial charge in [-0.25, -0.2) is 13.1 Å². The van der Waals surface area contributed by atoms with Crippen molar-refractivity contribution in [2.75, 3.05) is 0 Å². The van der Waals surface area contributed by atoms with Crippen LogP contribution in [-0.2, 0) is 9.05 Å². The Kier molecular flexibility index (Phi) is 3.29. The summed E-state index contributed by atoms with van der Waals surface area (Å²) in [4.78, 5) is 9.93. The SMILES string of the molecule is Cc1c(S(=O)(=O)Cl)cnn1-c1ccc([N+](=O)[O-])cc1. The lowest BCUT2D eigenvalue weighted by atomic mass is 10.3. The van der Waals surface area contributed by atoms with Crippen molar-refractivity contribution in [3.8, 4) is 5.69 Å². The minimum Gasteiger partial charge on any atom is -0.258 e. The molecule has 0 fully saturated rings. The van der Waals surface area contributed by atoms with Crippen LogP contribution >= 0.6 is 10.7 Å². The van der Waals surface area contributed by atoms with Crippen LogP contribution < -0.4 is 0 Å². The number of rotatable bonds is 3. The fraction of sp³-hybridized carbons (Fsp3) is 0.100. The normalized spacial score (nSPS) is 11.5. The minimum absolute atomic E-state index is 0.0567. The van der Waals surface area contributed by atoms with E-state index in [9.17, 15) is 18.5 Å². The lowest BCUT2D eigenvalue weighted by Gasteiger charge is -2.04. The molecule has 1 aromatic heterocycles. The average molecular weight is 302 g/mol. The quantitative estimate of drug-likeness (QED) is 0.491. The average Bonchev–Trinajstić information content (AvgIpc) is 2.71. The van der Waals surface area contributed by atoms with E-state index in [1.165, 1.54) is 28.9 Å². The van der Waals surface area contributed by atoms with E-state index in [1.54, 1.807) is 6.92 Å². The van der Waals surface area contributed by atoms with Crippen LogP contribution in [0.4, 0.5) is 5.69 Å². The molecule has 100 valence electrons. The minimum atomic E-state index is -3.86. The molecule has 19 heavy (non-hydrogen) atoms. The molecule has 0 saturated carbocycles. The fourth-order valence-corrected chi connectivity index (χ4v) is 2.68. The van der Waals surface area contributed by atoms with Crippen LogP contribution in [-0.4, -0.2) is 23.1 Å². The van der Waals surface area contributed by atoms with E-state index in [2.05, 4.69) is 5.10 Å². The van der Waals surface area contributed by atoms with Crippen molar-refractivity contribution in [2.45, 2.75) is 11.8 Å². The van der Waals surface area contributed by atoms with Crippen LogP contribution in [0.2, 0.25) is 0 Å². The third-order valence-corrected chi connectivity index (χ3v) is 3.96. The summed E-state index contributed by atoms with van der Waals surface area (Å²) in [6.45, 7) is 1.55. The second kappa shape index (κ2) is 4.63. The Morgan fingerprint density at radius 1 is 1.32 bits per heavy atom. The number of hydrogen-bond acceptors (Lipinski definition) is 5. The first-order valence-electron chi connectivity index (χ1n) is 5.05. The lowest BCUT2D eigenvalue weighted by molar-refractivity contribution is -0.384. The Labute approximate surface area is 113 Å². The summed E-state index contributed by atoms with van der Waals surface area (Å²) in [5.41, 5.74) is 0.789. The molecular weight excluding hydrogens is 294 g/mol. The highest BCUT2D eigenvalue weighted by molar-refractivity contribution is 8.13. The van der Waals surface area contributed by atoms with Crippen molar-refractivity contribution < 1.29 is 13.3 Å². The van der Waals surface area contributed by atoms with E-state index < -0.39 is 14.0 Å². The molecule has 0 N–H and O–H groups in total. The second-order valence-electron chi connectivity index (χ2n) is 3.72. The zero-order chi connectivity index (χ0) is 14.2. The molecule has 0 aliphatic rings. The van der Waals surface area contributed by atoms with Gasteiger partial charge in [0.15, 0.2) is 0 Å². The Morgan fingerprint density at radius 3 is 2.32 bits per heavy atom. The van der Waals surface area contributed by atoms with Crippen LogP contribution in [0, 0.1) is 17.0 Å². The molecule has 2 rings (SSSR count). The van der Waals surface area contributed by atoms with E-state index >= 15 is 0 Å². The predicted octanol–water partition coefficient (Wildman–Crippen LogP) is 2.02. The molecule has 1 aromatic carbocycles. The molecule has 0 unspecified atom stereocenters. The standard InChI is InChI=1S/C10H8ClN3O4S/c1-7-10(19(11,17)18)6-12-13(7)8-2-4-9(5-3-8)14(15)16/h2-6H,1H3. The summed E-state index contributed by atoms with van der Waals surface area (Å²) in [6, 6.07) is 5.57. The van der Waals surface area contributed by atoms with E-state index in [4.69, 9.17) is 10.7 Å². The number of hydrogen-bond donors (Lipinski definition) is 0. The van der Waals surface area contributed by atoms with E-state index in [0.717, 1.165) is 6.20 Å². The third-order valence-electron chi connectivity index (χ3n) is 2.53. The van der Waals surface area contributed by atoms with Gasteiger partial charge in [-0.05, 0) is 19.1 Å². The van der Waals surface area contributed by atoms with Crippen LogP contribution in [0.25, 0.3) is 5.69 Å². The number of nitro groups is 1. The smallest absolute Gasteiger partial charge is 0.258 e. The first-order chi connectivity index (χ1) is 8.80. The van der Waals surface area contributed by atoms with Crippen molar-refractivity contribution in [2.24, 2.45) is 0 Å². The molecule has 0 saturated heterocycles. The molecule has 0 spiro atoms. The summed E-state index contributed by atoms with van der Waals surface area (Å²) >= 11 is 0. The summed E-state index contributed by atoms with van der Waals surface area (Å²) in [5.74, 6) is 0. The fourth-order valence-electron chi connectivity index (χ4n) is 1.61. The zero-order valence-electron chi connectivity index (χ0n) is 9.65. The number of non-ortho nitro benzene ring substituents is 1. The summed E-state index contributed by atoms with van der Waals surface area (Å²) < 4.78 is 23.9. The molecule has 0 aliphatic heterocycles. The topological polar surface area (TPSA) is 95.1 Å². The largest absolute Gasteiger partial charge is 0.269 e. The Morgan fingerprint density at radius 2 is 1.89 bits per heavy atom. The first kappa shape index (κ1) is 13.5. The maximum Gasteiger partial charge on any atom is 0.269 e. The number of nitro benzene ring substituents is 1. The van der Waals surface area contributed by atoms with Crippen molar-refractivity contribution in [3.63, 3.8) is 0 Å². The van der Waals surface area contributed by atoms with Gasteiger partial charge in [-0.3, -0.25) is 10.1 Å². The molecule has 0 aliphatic carbocycles. The van der Waals surface area contributed by atoms with Crippen LogP contribution in [0.15, 0.2) is 35.4 Å². The number of benzene rings is 1. The second-order valence-corrected chi connectivity index (χ2v) is 6.25. The van der Waals surface area contributed by atoms with Gasteiger partial charge in [0.25, 0.3) is 14.7 Å². The molecular formula is C10H8ClN3O4S. The highest BCUT2D eigenvalue weighted by Gasteiger charge is 2.19. The van der Waals surface area contributed by atoms with Crippen molar-refractivity contribution >= 4 is 25.4 Å². The van der Waals surface area contributed by atoms with Gasteiger partial charge >= 0.3 is 0 Å². The van der Waals surface area contributed by atoms with Gasteiger partial charge in [-0.15, -0.1) is 0 Å². The van der Waals surface area contributed by atoms with E-state index in [0.29, 0.717) is 11.4 Å². The molecule has 0 radical (unpaired) electrons. The molecule has 7 nitrogen and oxygen atoms in total. The number of nitrogens with zero attached hydrogens (tertiary/aromatic N) is 3. The number of halogens is 1. The Hall–Kier alpha value is -1.93. The van der Waals surface area contributed by atoms with Gasteiger partial charge in [0.2, 0.25) is 0 Å². The highest BCUT2D eigenvalue weighted by atomic mass is 35.7. The number of aromatic nitrogens is 2. The van der Waals surface area contributed by atoms with Gasteiger partial charge in [0.05, 0.1) is 22.5 Å². The molecule has 2 aromatic rings. The molecule has 1 heterocycles. The molecule has 0 atom stereocenters. The van der Waals surface area contributed by atoms with Crippen LogP contribution in [0.3, 0.4) is 0 Å². The van der Waals surface area contributed by atoms with Crippen LogP contribution in [0.1, 0.15) is 5.69 Å².